The minimum atomic E-state index is 0.270. The summed E-state index contributed by atoms with van der Waals surface area (Å²) in [7, 11) is 0. The van der Waals surface area contributed by atoms with Crippen molar-refractivity contribution in [3.63, 3.8) is 0 Å². The van der Waals surface area contributed by atoms with Gasteiger partial charge in [0, 0.05) is 37.7 Å². The van der Waals surface area contributed by atoms with Crippen molar-refractivity contribution in [2.45, 2.75) is 13.0 Å². The number of aliphatic imine (C=N–C) groups is 1. The Kier molecular flexibility index (Phi) is 6.40. The maximum Gasteiger partial charge on any atom is 0.191 e. The zero-order valence-corrected chi connectivity index (χ0v) is 15.3. The lowest BCUT2D eigenvalue weighted by molar-refractivity contribution is 0.0179. The topological polar surface area (TPSA) is 54.1 Å². The van der Waals surface area contributed by atoms with Crippen LogP contribution in [0.4, 0.5) is 0 Å². The van der Waals surface area contributed by atoms with Crippen LogP contribution < -0.4 is 5.73 Å². The molecule has 1 aromatic carbocycles. The molecule has 1 atom stereocenters. The molecule has 2 aliphatic heterocycles. The van der Waals surface area contributed by atoms with Gasteiger partial charge < -0.3 is 15.4 Å². The first-order valence-corrected chi connectivity index (χ1v) is 9.90. The highest BCUT2D eigenvalue weighted by molar-refractivity contribution is 7.99. The second-order valence-electron chi connectivity index (χ2n) is 6.38. The van der Waals surface area contributed by atoms with Crippen LogP contribution in [0.15, 0.2) is 29.3 Å². The van der Waals surface area contributed by atoms with E-state index in [0.717, 1.165) is 50.9 Å². The number of morpholine rings is 1. The van der Waals surface area contributed by atoms with Crippen LogP contribution in [0.3, 0.4) is 0 Å². The average molecular weight is 349 g/mol. The van der Waals surface area contributed by atoms with Gasteiger partial charge in [-0.1, -0.05) is 29.8 Å². The Hall–Kier alpha value is -1.24. The van der Waals surface area contributed by atoms with Gasteiger partial charge in [-0.15, -0.1) is 0 Å². The van der Waals surface area contributed by atoms with Crippen LogP contribution in [0.2, 0.25) is 0 Å². The lowest BCUT2D eigenvalue weighted by atomic mass is 10.0. The molecule has 2 aliphatic rings. The lowest BCUT2D eigenvalue weighted by Crippen LogP contribution is -2.44. The zero-order chi connectivity index (χ0) is 16.8. The molecule has 0 saturated carbocycles. The molecule has 5 nitrogen and oxygen atoms in total. The predicted molar refractivity (Wildman–Crippen MR) is 102 cm³/mol. The van der Waals surface area contributed by atoms with Gasteiger partial charge in [0.15, 0.2) is 5.96 Å². The van der Waals surface area contributed by atoms with Gasteiger partial charge in [0.2, 0.25) is 0 Å². The van der Waals surface area contributed by atoms with Crippen LogP contribution in [-0.2, 0) is 4.74 Å². The van der Waals surface area contributed by atoms with Gasteiger partial charge in [-0.2, -0.15) is 11.8 Å². The quantitative estimate of drug-likeness (QED) is 0.663. The van der Waals surface area contributed by atoms with E-state index in [1.165, 1.54) is 11.1 Å². The van der Waals surface area contributed by atoms with E-state index in [0.29, 0.717) is 12.5 Å². The van der Waals surface area contributed by atoms with Gasteiger partial charge in [0.1, 0.15) is 0 Å². The molecular weight excluding hydrogens is 320 g/mol. The molecule has 0 bridgehead atoms. The molecule has 0 aliphatic carbocycles. The molecule has 2 fully saturated rings. The maximum atomic E-state index is 6.26. The molecule has 6 heteroatoms. The Labute approximate surface area is 149 Å². The third kappa shape index (κ3) is 4.65. The van der Waals surface area contributed by atoms with Gasteiger partial charge in [-0.25, -0.2) is 0 Å². The van der Waals surface area contributed by atoms with Crippen molar-refractivity contribution < 1.29 is 4.74 Å². The van der Waals surface area contributed by atoms with Crippen molar-refractivity contribution in [1.82, 2.24) is 9.80 Å². The Morgan fingerprint density at radius 3 is 2.71 bits per heavy atom. The third-order valence-corrected chi connectivity index (χ3v) is 5.62. The van der Waals surface area contributed by atoms with Crippen LogP contribution in [0, 0.1) is 6.92 Å². The fraction of sp³-hybridized carbons (Fsp3) is 0.611. The minimum absolute atomic E-state index is 0.270. The monoisotopic (exact) mass is 348 g/mol. The number of rotatable bonds is 4. The molecule has 1 unspecified atom stereocenters. The van der Waals surface area contributed by atoms with E-state index in [1.807, 2.05) is 11.8 Å². The number of guanidine groups is 1. The molecule has 0 radical (unpaired) electrons. The number of aryl methyl sites for hydroxylation is 1. The summed E-state index contributed by atoms with van der Waals surface area (Å²) in [6.45, 7) is 8.36. The molecule has 3 rings (SSSR count). The lowest BCUT2D eigenvalue weighted by Gasteiger charge is -2.34. The van der Waals surface area contributed by atoms with Gasteiger partial charge in [0.25, 0.3) is 0 Å². The van der Waals surface area contributed by atoms with E-state index < -0.39 is 0 Å². The van der Waals surface area contributed by atoms with Gasteiger partial charge >= 0.3 is 0 Å². The van der Waals surface area contributed by atoms with Gasteiger partial charge in [-0.3, -0.25) is 9.89 Å². The first-order chi connectivity index (χ1) is 11.7. The number of nitrogens with two attached hydrogens (primary N) is 1. The van der Waals surface area contributed by atoms with Gasteiger partial charge in [0.05, 0.1) is 25.8 Å². The van der Waals surface area contributed by atoms with E-state index in [2.05, 4.69) is 41.0 Å². The largest absolute Gasteiger partial charge is 0.379 e. The van der Waals surface area contributed by atoms with E-state index in [-0.39, 0.29) is 6.04 Å². The van der Waals surface area contributed by atoms with Crippen molar-refractivity contribution in [2.24, 2.45) is 10.7 Å². The van der Waals surface area contributed by atoms with Crippen molar-refractivity contribution >= 4 is 17.7 Å². The summed E-state index contributed by atoms with van der Waals surface area (Å²) in [5.74, 6) is 2.98. The number of benzene rings is 1. The first kappa shape index (κ1) is 17.6. The van der Waals surface area contributed by atoms with Crippen molar-refractivity contribution in [3.8, 4) is 0 Å². The highest BCUT2D eigenvalue weighted by atomic mass is 32.2. The average Bonchev–Trinajstić information content (AvgIpc) is 2.63. The Morgan fingerprint density at radius 2 is 2.00 bits per heavy atom. The summed E-state index contributed by atoms with van der Waals surface area (Å²) >= 11 is 1.99. The van der Waals surface area contributed by atoms with E-state index in [4.69, 9.17) is 15.5 Å². The second kappa shape index (κ2) is 8.74. The number of nitrogens with zero attached hydrogens (tertiary/aromatic N) is 3. The normalized spacial score (nSPS) is 21.7. The summed E-state index contributed by atoms with van der Waals surface area (Å²) in [5, 5.41) is 0. The van der Waals surface area contributed by atoms with E-state index in [9.17, 15) is 0 Å². The summed E-state index contributed by atoms with van der Waals surface area (Å²) in [6, 6.07) is 9.02. The number of ether oxygens (including phenoxy) is 1. The van der Waals surface area contributed by atoms with Crippen molar-refractivity contribution in [3.05, 3.63) is 35.4 Å². The predicted octanol–water partition coefficient (Wildman–Crippen LogP) is 1.73. The molecular formula is C18H28N4OS. The standard InChI is InChI=1S/C18H28N4OS/c1-15-3-2-4-16(13-15)17(21-5-9-23-10-6-21)14-20-18(19)22-7-11-24-12-8-22/h2-4,13,17H,5-12,14H2,1H3,(H2,19,20). The van der Waals surface area contributed by atoms with Gasteiger partial charge in [-0.05, 0) is 12.5 Å². The van der Waals surface area contributed by atoms with Crippen LogP contribution >= 0.6 is 11.8 Å². The molecule has 0 aromatic heterocycles. The minimum Gasteiger partial charge on any atom is -0.379 e. The first-order valence-electron chi connectivity index (χ1n) is 8.75. The van der Waals surface area contributed by atoms with E-state index >= 15 is 0 Å². The van der Waals surface area contributed by atoms with Crippen molar-refractivity contribution in [2.75, 3.05) is 57.4 Å². The fourth-order valence-corrected chi connectivity index (χ4v) is 4.17. The van der Waals surface area contributed by atoms with Crippen molar-refractivity contribution in [1.29, 1.82) is 0 Å². The van der Waals surface area contributed by atoms with Crippen LogP contribution in [-0.4, -0.2) is 73.2 Å². The SMILES string of the molecule is Cc1cccc(C(CN=C(N)N2CCSCC2)N2CCOCC2)c1. The van der Waals surface area contributed by atoms with Crippen LogP contribution in [0.5, 0.6) is 0 Å². The van der Waals surface area contributed by atoms with E-state index in [1.54, 1.807) is 0 Å². The molecule has 2 N–H and O–H groups in total. The molecule has 132 valence electrons. The number of thioether (sulfide) groups is 1. The molecule has 1 aromatic rings. The Morgan fingerprint density at radius 1 is 1.25 bits per heavy atom. The smallest absolute Gasteiger partial charge is 0.191 e. The molecule has 2 heterocycles. The summed E-state index contributed by atoms with van der Waals surface area (Å²) in [4.78, 5) is 9.44. The molecule has 2 saturated heterocycles. The second-order valence-corrected chi connectivity index (χ2v) is 7.60. The summed E-state index contributed by atoms with van der Waals surface area (Å²) in [5.41, 5.74) is 8.87. The highest BCUT2D eigenvalue weighted by Gasteiger charge is 2.23. The summed E-state index contributed by atoms with van der Waals surface area (Å²) < 4.78 is 5.52. The highest BCUT2D eigenvalue weighted by Crippen LogP contribution is 2.23. The molecule has 24 heavy (non-hydrogen) atoms. The zero-order valence-electron chi connectivity index (χ0n) is 14.5. The third-order valence-electron chi connectivity index (χ3n) is 4.67. The Balaban J connectivity index is 1.73. The number of hydrogen-bond donors (Lipinski definition) is 1. The maximum absolute atomic E-state index is 6.26. The van der Waals surface area contributed by atoms with Crippen LogP contribution in [0.25, 0.3) is 0 Å². The fourth-order valence-electron chi connectivity index (χ4n) is 3.27. The Bertz CT molecular complexity index is 554. The molecule has 0 amide bonds. The summed E-state index contributed by atoms with van der Waals surface area (Å²) in [6.07, 6.45) is 0. The molecule has 0 spiro atoms. The van der Waals surface area contributed by atoms with Crippen LogP contribution in [0.1, 0.15) is 17.2 Å². The number of hydrogen-bond acceptors (Lipinski definition) is 4.